The van der Waals surface area contributed by atoms with Gasteiger partial charge in [0, 0.05) is 23.2 Å². The molecule has 8 nitrogen and oxygen atoms in total. The minimum absolute atomic E-state index is 0.174. The quantitative estimate of drug-likeness (QED) is 0.449. The van der Waals surface area contributed by atoms with Gasteiger partial charge in [-0.1, -0.05) is 47.6 Å². The fraction of sp³-hybridized carbons (Fsp3) is 0.333. The molecule has 0 spiro atoms. The van der Waals surface area contributed by atoms with Crippen molar-refractivity contribution in [3.63, 3.8) is 0 Å². The molecule has 0 unspecified atom stereocenters. The van der Waals surface area contributed by atoms with Crippen LogP contribution in [0, 0.1) is 5.92 Å². The summed E-state index contributed by atoms with van der Waals surface area (Å²) >= 11 is 0. The van der Waals surface area contributed by atoms with Crippen molar-refractivity contribution in [2.75, 3.05) is 5.32 Å². The minimum atomic E-state index is -1.27. The molecule has 1 aliphatic rings. The molecule has 35 heavy (non-hydrogen) atoms. The average Bonchev–Trinajstić information content (AvgIpc) is 3.35. The number of nitrogens with one attached hydrogen (secondary N) is 2. The fourth-order valence-corrected chi connectivity index (χ4v) is 4.31. The minimum Gasteiger partial charge on any atom is -0.480 e. The normalized spacial score (nSPS) is 18.0. The number of benzene rings is 2. The molecule has 0 atom stereocenters. The number of nitrogens with zero attached hydrogens (tertiary/aromatic N) is 1. The van der Waals surface area contributed by atoms with Gasteiger partial charge in [0.15, 0.2) is 11.5 Å². The molecule has 0 saturated heterocycles. The Morgan fingerprint density at radius 1 is 0.971 bits per heavy atom. The molecule has 4 rings (SSSR count). The number of carboxylic acids is 1. The van der Waals surface area contributed by atoms with E-state index in [1.54, 1.807) is 6.07 Å². The van der Waals surface area contributed by atoms with Gasteiger partial charge in [0.25, 0.3) is 5.91 Å². The van der Waals surface area contributed by atoms with Crippen LogP contribution in [-0.2, 0) is 9.59 Å². The first kappa shape index (κ1) is 24.2. The van der Waals surface area contributed by atoms with E-state index in [1.165, 1.54) is 13.8 Å². The van der Waals surface area contributed by atoms with Gasteiger partial charge in [0.2, 0.25) is 5.91 Å². The molecule has 8 heteroatoms. The third kappa shape index (κ3) is 5.77. The van der Waals surface area contributed by atoms with Gasteiger partial charge < -0.3 is 20.3 Å². The van der Waals surface area contributed by atoms with E-state index in [9.17, 15) is 19.5 Å². The smallest absolute Gasteiger partial charge is 0.328 e. The van der Waals surface area contributed by atoms with Crippen LogP contribution >= 0.6 is 0 Å². The van der Waals surface area contributed by atoms with E-state index in [0.717, 1.165) is 24.0 Å². The van der Waals surface area contributed by atoms with E-state index >= 15 is 0 Å². The zero-order valence-corrected chi connectivity index (χ0v) is 19.8. The van der Waals surface area contributed by atoms with Gasteiger partial charge in [-0.05, 0) is 63.1 Å². The fourth-order valence-electron chi connectivity index (χ4n) is 4.31. The maximum absolute atomic E-state index is 12.6. The van der Waals surface area contributed by atoms with Crippen molar-refractivity contribution in [1.82, 2.24) is 10.5 Å². The Labute approximate surface area is 203 Å². The van der Waals surface area contributed by atoms with Crippen molar-refractivity contribution >= 4 is 23.5 Å². The highest BCUT2D eigenvalue weighted by Gasteiger charge is 2.33. The predicted octanol–water partition coefficient (Wildman–Crippen LogP) is 4.85. The van der Waals surface area contributed by atoms with Gasteiger partial charge in [-0.3, -0.25) is 9.59 Å². The van der Waals surface area contributed by atoms with Crippen LogP contribution in [0.1, 0.15) is 61.5 Å². The molecule has 1 aliphatic carbocycles. The first-order valence-corrected chi connectivity index (χ1v) is 11.7. The molecular weight excluding hydrogens is 446 g/mol. The number of aliphatic carboxylic acids is 1. The molecule has 1 fully saturated rings. The molecule has 1 saturated carbocycles. The SMILES string of the molecule is CC(C)(NC(=O)[C@H]1CC[C@H](c2ccc(NC(=O)c3cc(-c4ccccc4)on3)cc2)CC1)C(=O)O. The number of anilines is 1. The number of carboxylic acid groups (broad SMARTS) is 1. The van der Waals surface area contributed by atoms with Crippen LogP contribution in [0.15, 0.2) is 65.2 Å². The van der Waals surface area contributed by atoms with Crippen LogP contribution in [0.5, 0.6) is 0 Å². The second-order valence-electron chi connectivity index (χ2n) is 9.49. The summed E-state index contributed by atoms with van der Waals surface area (Å²) in [7, 11) is 0. The third-order valence-electron chi connectivity index (χ3n) is 6.51. The molecule has 3 aromatic rings. The molecule has 1 heterocycles. The van der Waals surface area contributed by atoms with Crippen molar-refractivity contribution in [2.24, 2.45) is 5.92 Å². The Hall–Kier alpha value is -3.94. The molecule has 3 N–H and O–H groups in total. The molecule has 2 aromatic carbocycles. The number of rotatable bonds is 7. The summed E-state index contributed by atoms with van der Waals surface area (Å²) in [5.41, 5.74) is 1.59. The summed E-state index contributed by atoms with van der Waals surface area (Å²) in [6.45, 7) is 2.98. The van der Waals surface area contributed by atoms with E-state index in [1.807, 2.05) is 54.6 Å². The average molecular weight is 476 g/mol. The highest BCUT2D eigenvalue weighted by molar-refractivity contribution is 6.03. The first-order valence-electron chi connectivity index (χ1n) is 11.7. The monoisotopic (exact) mass is 475 g/mol. The highest BCUT2D eigenvalue weighted by Crippen LogP contribution is 2.36. The van der Waals surface area contributed by atoms with E-state index < -0.39 is 11.5 Å². The lowest BCUT2D eigenvalue weighted by molar-refractivity contribution is -0.146. The van der Waals surface area contributed by atoms with Crippen LogP contribution in [0.3, 0.4) is 0 Å². The van der Waals surface area contributed by atoms with Gasteiger partial charge in [-0.15, -0.1) is 0 Å². The molecule has 0 radical (unpaired) electrons. The zero-order chi connectivity index (χ0) is 25.0. The lowest BCUT2D eigenvalue weighted by Gasteiger charge is -2.30. The summed E-state index contributed by atoms with van der Waals surface area (Å²) in [4.78, 5) is 36.3. The molecule has 182 valence electrons. The van der Waals surface area contributed by atoms with Gasteiger partial charge in [-0.2, -0.15) is 0 Å². The number of hydrogen-bond donors (Lipinski definition) is 3. The van der Waals surface area contributed by atoms with Crippen molar-refractivity contribution in [3.8, 4) is 11.3 Å². The van der Waals surface area contributed by atoms with E-state index in [0.29, 0.717) is 30.2 Å². The topological polar surface area (TPSA) is 122 Å². The summed E-state index contributed by atoms with van der Waals surface area (Å²) in [6, 6.07) is 18.8. The van der Waals surface area contributed by atoms with Crippen molar-refractivity contribution < 1.29 is 24.0 Å². The Balaban J connectivity index is 1.30. The zero-order valence-electron chi connectivity index (χ0n) is 19.8. The van der Waals surface area contributed by atoms with Crippen LogP contribution < -0.4 is 10.6 Å². The Morgan fingerprint density at radius 2 is 1.63 bits per heavy atom. The van der Waals surface area contributed by atoms with Crippen LogP contribution in [0.25, 0.3) is 11.3 Å². The van der Waals surface area contributed by atoms with Crippen LogP contribution in [0.4, 0.5) is 5.69 Å². The molecular formula is C27H29N3O5. The predicted molar refractivity (Wildman–Crippen MR) is 131 cm³/mol. The summed E-state index contributed by atoms with van der Waals surface area (Å²) in [5.74, 6) is -0.919. The standard InChI is InChI=1S/C27H29N3O5/c1-27(2,26(33)34)29-24(31)20-10-8-17(9-11-20)18-12-14-21(15-13-18)28-25(32)22-16-23(35-30-22)19-6-4-3-5-7-19/h3-7,12-17,20H,8-11H2,1-2H3,(H,28,32)(H,29,31)(H,33,34)/t17-,20-. The second kappa shape index (κ2) is 10.1. The molecule has 2 amide bonds. The Morgan fingerprint density at radius 3 is 2.26 bits per heavy atom. The van der Waals surface area contributed by atoms with Crippen LogP contribution in [-0.4, -0.2) is 33.6 Å². The number of hydrogen-bond acceptors (Lipinski definition) is 5. The number of carbonyl (C=O) groups excluding carboxylic acids is 2. The van der Waals surface area contributed by atoms with Crippen molar-refractivity contribution in [2.45, 2.75) is 51.0 Å². The maximum Gasteiger partial charge on any atom is 0.328 e. The van der Waals surface area contributed by atoms with Gasteiger partial charge >= 0.3 is 5.97 Å². The maximum atomic E-state index is 12.6. The Kier molecular flexibility index (Phi) is 7.00. The lowest BCUT2D eigenvalue weighted by Crippen LogP contribution is -2.51. The largest absolute Gasteiger partial charge is 0.480 e. The van der Waals surface area contributed by atoms with Gasteiger partial charge in [0.05, 0.1) is 0 Å². The lowest BCUT2D eigenvalue weighted by atomic mass is 9.78. The second-order valence-corrected chi connectivity index (χ2v) is 9.49. The van der Waals surface area contributed by atoms with Crippen LogP contribution in [0.2, 0.25) is 0 Å². The molecule has 1 aromatic heterocycles. The summed E-state index contributed by atoms with van der Waals surface area (Å²) < 4.78 is 5.30. The van der Waals surface area contributed by atoms with E-state index in [2.05, 4.69) is 15.8 Å². The number of carbonyl (C=O) groups is 3. The summed E-state index contributed by atoms with van der Waals surface area (Å²) in [6.07, 6.45) is 3.11. The first-order chi connectivity index (χ1) is 16.7. The number of aromatic nitrogens is 1. The number of amides is 2. The van der Waals surface area contributed by atoms with Crippen molar-refractivity contribution in [1.29, 1.82) is 0 Å². The highest BCUT2D eigenvalue weighted by atomic mass is 16.5. The summed E-state index contributed by atoms with van der Waals surface area (Å²) in [5, 5.41) is 18.6. The van der Waals surface area contributed by atoms with E-state index in [-0.39, 0.29) is 23.4 Å². The molecule has 0 bridgehead atoms. The Bertz CT molecular complexity index is 1190. The van der Waals surface area contributed by atoms with E-state index in [4.69, 9.17) is 4.52 Å². The molecule has 0 aliphatic heterocycles. The van der Waals surface area contributed by atoms with Gasteiger partial charge in [-0.25, -0.2) is 4.79 Å². The van der Waals surface area contributed by atoms with Crippen molar-refractivity contribution in [3.05, 3.63) is 71.9 Å². The third-order valence-corrected chi connectivity index (χ3v) is 6.51. The van der Waals surface area contributed by atoms with Gasteiger partial charge in [0.1, 0.15) is 5.54 Å².